The molecule has 0 N–H and O–H groups in total. The maximum Gasteiger partial charge on any atom is 0.108 e. The number of para-hydroxylation sites is 2. The molecule has 2 aliphatic heterocycles. The molecule has 1 aromatic heterocycles. The largest absolute Gasteiger partial charge is 0.317 e. The van der Waals surface area contributed by atoms with Crippen molar-refractivity contribution in [3.8, 4) is 22.3 Å². The number of anilines is 2. The molecule has 9 rings (SSSR count). The van der Waals surface area contributed by atoms with E-state index in [1.807, 2.05) is 0 Å². The Bertz CT molecular complexity index is 2300. The third kappa shape index (κ3) is 2.92. The van der Waals surface area contributed by atoms with Crippen molar-refractivity contribution in [1.29, 1.82) is 0 Å². The van der Waals surface area contributed by atoms with Crippen LogP contribution in [0.2, 0.25) is 0 Å². The van der Waals surface area contributed by atoms with Crippen LogP contribution in [0.3, 0.4) is 0 Å². The topological polar surface area (TPSA) is 8.17 Å². The quantitative estimate of drug-likeness (QED) is 0.192. The second kappa shape index (κ2) is 8.22. The Kier molecular flexibility index (Phi) is 4.55. The second-order valence-corrected chi connectivity index (χ2v) is 11.4. The molecule has 0 amide bonds. The number of hydrogen-bond acceptors (Lipinski definition) is 1. The van der Waals surface area contributed by atoms with Crippen molar-refractivity contribution in [3.63, 3.8) is 0 Å². The van der Waals surface area contributed by atoms with Crippen molar-refractivity contribution >= 4 is 54.7 Å². The molecule has 0 bridgehead atoms. The van der Waals surface area contributed by atoms with Gasteiger partial charge in [-0.25, -0.2) is 0 Å². The molecule has 0 saturated carbocycles. The SMILES string of the molecule is Cc1cccc2c3ccccc3c3ccccc3c3ccc4c5c3n(c12)[C@@H](C)N5c1ccccc1-c1ccccc1-4. The Morgan fingerprint density at radius 1 is 0.439 bits per heavy atom. The smallest absolute Gasteiger partial charge is 0.108 e. The van der Waals surface area contributed by atoms with Crippen molar-refractivity contribution in [1.82, 2.24) is 4.57 Å². The van der Waals surface area contributed by atoms with E-state index in [-0.39, 0.29) is 6.17 Å². The summed E-state index contributed by atoms with van der Waals surface area (Å²) in [5.41, 5.74) is 11.6. The van der Waals surface area contributed by atoms with E-state index >= 15 is 0 Å². The van der Waals surface area contributed by atoms with E-state index in [2.05, 4.69) is 151 Å². The normalized spacial score (nSPS) is 14.8. The fourth-order valence-corrected chi connectivity index (χ4v) is 7.58. The summed E-state index contributed by atoms with van der Waals surface area (Å²) in [6.07, 6.45) is 0.0673. The van der Waals surface area contributed by atoms with Gasteiger partial charge in [0.05, 0.1) is 22.4 Å². The van der Waals surface area contributed by atoms with Gasteiger partial charge in [0.2, 0.25) is 0 Å². The van der Waals surface area contributed by atoms with Crippen LogP contribution >= 0.6 is 0 Å². The van der Waals surface area contributed by atoms with Crippen LogP contribution in [0.15, 0.2) is 127 Å². The molecular weight excluding hydrogens is 496 g/mol. The summed E-state index contributed by atoms with van der Waals surface area (Å²) in [6.45, 7) is 4.63. The second-order valence-electron chi connectivity index (χ2n) is 11.4. The highest BCUT2D eigenvalue weighted by Gasteiger charge is 2.36. The van der Waals surface area contributed by atoms with E-state index in [9.17, 15) is 0 Å². The van der Waals surface area contributed by atoms with Crippen molar-refractivity contribution in [2.24, 2.45) is 0 Å². The standard InChI is InChI=1S/C39H28N2/c1-24-12-11-20-33-29-16-6-3-13-26(29)27-14-4-7-17-30(27)35-23-22-34-31-18-8-5-15-28(31)32-19-9-10-21-36(32)40-25(2)41(37(24)33)39(35)38(34)40/h3-23,25H,1-2H3/t25-/m0/s1. The summed E-state index contributed by atoms with van der Waals surface area (Å²) >= 11 is 0. The van der Waals surface area contributed by atoms with Crippen LogP contribution in [0.1, 0.15) is 18.7 Å². The summed E-state index contributed by atoms with van der Waals surface area (Å²) in [6, 6.07) is 47.2. The minimum Gasteiger partial charge on any atom is -0.317 e. The first-order valence-electron chi connectivity index (χ1n) is 14.5. The van der Waals surface area contributed by atoms with E-state index in [0.717, 1.165) is 0 Å². The molecular formula is C39H28N2. The van der Waals surface area contributed by atoms with E-state index < -0.39 is 0 Å². The van der Waals surface area contributed by atoms with Crippen LogP contribution < -0.4 is 4.90 Å². The van der Waals surface area contributed by atoms with E-state index in [1.54, 1.807) is 0 Å². The van der Waals surface area contributed by atoms with Gasteiger partial charge in [0.15, 0.2) is 0 Å². The molecule has 0 fully saturated rings. The van der Waals surface area contributed by atoms with Crippen LogP contribution in [0.25, 0.3) is 65.6 Å². The predicted octanol–water partition coefficient (Wildman–Crippen LogP) is 10.9. The molecule has 41 heavy (non-hydrogen) atoms. The van der Waals surface area contributed by atoms with Crippen LogP contribution in [0.4, 0.5) is 11.4 Å². The summed E-state index contributed by atoms with van der Waals surface area (Å²) in [4.78, 5) is 2.59. The van der Waals surface area contributed by atoms with Gasteiger partial charge in [-0.15, -0.1) is 0 Å². The number of aryl methyl sites for hydroxylation is 1. The summed E-state index contributed by atoms with van der Waals surface area (Å²) in [5, 5.41) is 7.65. The summed E-state index contributed by atoms with van der Waals surface area (Å²) < 4.78 is 2.63. The minimum atomic E-state index is 0.0673. The highest BCUT2D eigenvalue weighted by Crippen LogP contribution is 2.56. The zero-order valence-corrected chi connectivity index (χ0v) is 23.1. The van der Waals surface area contributed by atoms with Crippen LogP contribution in [-0.2, 0) is 0 Å². The number of fused-ring (bicyclic) bond motifs is 12. The van der Waals surface area contributed by atoms with Crippen molar-refractivity contribution in [2.75, 3.05) is 4.90 Å². The molecule has 1 atom stereocenters. The predicted molar refractivity (Wildman–Crippen MR) is 175 cm³/mol. The lowest BCUT2D eigenvalue weighted by Gasteiger charge is -2.28. The van der Waals surface area contributed by atoms with E-state index in [4.69, 9.17) is 0 Å². The van der Waals surface area contributed by atoms with Gasteiger partial charge in [0, 0.05) is 21.9 Å². The third-order valence-electron chi connectivity index (χ3n) is 9.25. The van der Waals surface area contributed by atoms with Crippen molar-refractivity contribution in [3.05, 3.63) is 133 Å². The Labute approximate surface area is 239 Å². The number of rotatable bonds is 0. The van der Waals surface area contributed by atoms with Crippen molar-refractivity contribution < 1.29 is 0 Å². The average Bonchev–Trinajstić information content (AvgIpc) is 3.27. The summed E-state index contributed by atoms with van der Waals surface area (Å²) in [7, 11) is 0. The van der Waals surface area contributed by atoms with Gasteiger partial charge in [-0.05, 0) is 58.1 Å². The molecule has 3 heterocycles. The molecule has 2 nitrogen and oxygen atoms in total. The molecule has 0 saturated heterocycles. The molecule has 0 aliphatic carbocycles. The lowest BCUT2D eigenvalue weighted by molar-refractivity contribution is 0.617. The molecule has 0 unspecified atom stereocenters. The molecule has 0 radical (unpaired) electrons. The van der Waals surface area contributed by atoms with Crippen LogP contribution in [0, 0.1) is 6.92 Å². The van der Waals surface area contributed by atoms with E-state index in [0.29, 0.717) is 0 Å². The fraction of sp³-hybridized carbons (Fsp3) is 0.0769. The molecule has 0 spiro atoms. The highest BCUT2D eigenvalue weighted by molar-refractivity contribution is 6.23. The molecule has 7 aromatic rings. The highest BCUT2D eigenvalue weighted by atomic mass is 15.3. The van der Waals surface area contributed by atoms with Gasteiger partial charge in [0.1, 0.15) is 6.17 Å². The Morgan fingerprint density at radius 2 is 0.951 bits per heavy atom. The maximum absolute atomic E-state index is 2.63. The molecule has 2 heteroatoms. The zero-order valence-electron chi connectivity index (χ0n) is 23.1. The number of benzene rings is 6. The van der Waals surface area contributed by atoms with Gasteiger partial charge in [-0.3, -0.25) is 0 Å². The van der Waals surface area contributed by atoms with Gasteiger partial charge >= 0.3 is 0 Å². The fourth-order valence-electron chi connectivity index (χ4n) is 7.58. The van der Waals surface area contributed by atoms with Crippen LogP contribution in [-0.4, -0.2) is 4.57 Å². The molecule has 2 aliphatic rings. The monoisotopic (exact) mass is 524 g/mol. The third-order valence-corrected chi connectivity index (χ3v) is 9.25. The van der Waals surface area contributed by atoms with Gasteiger partial charge in [-0.1, -0.05) is 121 Å². The Hall–Kier alpha value is -5.08. The van der Waals surface area contributed by atoms with Gasteiger partial charge < -0.3 is 9.47 Å². The lowest BCUT2D eigenvalue weighted by atomic mass is 9.93. The van der Waals surface area contributed by atoms with Crippen LogP contribution in [0.5, 0.6) is 0 Å². The Morgan fingerprint density at radius 3 is 1.63 bits per heavy atom. The molecule has 194 valence electrons. The number of hydrogen-bond donors (Lipinski definition) is 0. The Balaban J connectivity index is 1.66. The average molecular weight is 525 g/mol. The number of aromatic nitrogens is 1. The minimum absolute atomic E-state index is 0.0673. The van der Waals surface area contributed by atoms with E-state index in [1.165, 1.54) is 82.5 Å². The molecule has 6 aromatic carbocycles. The van der Waals surface area contributed by atoms with Gasteiger partial charge in [-0.2, -0.15) is 0 Å². The lowest BCUT2D eigenvalue weighted by Crippen LogP contribution is -2.21. The summed E-state index contributed by atoms with van der Waals surface area (Å²) in [5.74, 6) is 0. The first-order chi connectivity index (χ1) is 20.2. The van der Waals surface area contributed by atoms with Gasteiger partial charge in [0.25, 0.3) is 0 Å². The van der Waals surface area contributed by atoms with Crippen molar-refractivity contribution in [2.45, 2.75) is 20.0 Å². The first kappa shape index (κ1) is 22.7. The first-order valence-corrected chi connectivity index (χ1v) is 14.5. The number of nitrogens with zero attached hydrogens (tertiary/aromatic N) is 2. The maximum atomic E-state index is 2.63. The zero-order chi connectivity index (χ0) is 27.2.